The third-order valence-corrected chi connectivity index (χ3v) is 2.84. The fraction of sp³-hybridized carbons (Fsp3) is 0.900. The molecule has 14 heavy (non-hydrogen) atoms. The van der Waals surface area contributed by atoms with Gasteiger partial charge in [-0.15, -0.1) is 0 Å². The molecule has 0 aromatic heterocycles. The molecule has 0 atom stereocenters. The van der Waals surface area contributed by atoms with Crippen molar-refractivity contribution < 1.29 is 4.79 Å². The molecule has 1 fully saturated rings. The Labute approximate surface area is 85.8 Å². The molecule has 1 aliphatic rings. The van der Waals surface area contributed by atoms with E-state index in [0.29, 0.717) is 12.5 Å². The summed E-state index contributed by atoms with van der Waals surface area (Å²) in [5.74, 6) is -0.219. The molecule has 4 heteroatoms. The molecule has 1 saturated heterocycles. The van der Waals surface area contributed by atoms with Crippen molar-refractivity contribution in [2.75, 3.05) is 26.2 Å². The molecule has 0 saturated carbocycles. The Hall–Kier alpha value is -0.610. The second-order valence-corrected chi connectivity index (χ2v) is 3.88. The molecule has 0 radical (unpaired) electrons. The molecule has 1 aliphatic heterocycles. The molecular formula is C10H21N3O. The van der Waals surface area contributed by atoms with Gasteiger partial charge in [-0.2, -0.15) is 0 Å². The van der Waals surface area contributed by atoms with Crippen LogP contribution in [0.25, 0.3) is 0 Å². The van der Waals surface area contributed by atoms with Crippen molar-refractivity contribution in [1.29, 1.82) is 0 Å². The molecule has 0 bridgehead atoms. The van der Waals surface area contributed by atoms with Gasteiger partial charge in [-0.1, -0.05) is 6.92 Å². The van der Waals surface area contributed by atoms with E-state index in [9.17, 15) is 4.79 Å². The highest BCUT2D eigenvalue weighted by molar-refractivity contribution is 5.73. The van der Waals surface area contributed by atoms with E-state index in [0.717, 1.165) is 13.1 Å². The molecule has 0 aromatic rings. The lowest BCUT2D eigenvalue weighted by Gasteiger charge is -2.31. The van der Waals surface area contributed by atoms with Gasteiger partial charge in [0, 0.05) is 19.0 Å². The van der Waals surface area contributed by atoms with Crippen LogP contribution in [0.2, 0.25) is 0 Å². The summed E-state index contributed by atoms with van der Waals surface area (Å²) < 4.78 is 0. The molecule has 3 N–H and O–H groups in total. The molecule has 0 aliphatic carbocycles. The molecule has 1 heterocycles. The maximum atomic E-state index is 10.5. The number of piperidine rings is 1. The predicted octanol–water partition coefficient (Wildman–Crippen LogP) is -0.0643. The number of nitrogens with zero attached hydrogens (tertiary/aromatic N) is 1. The van der Waals surface area contributed by atoms with Crippen molar-refractivity contribution >= 4 is 5.91 Å². The standard InChI is InChI=1S/C10H21N3O/c1-2-13-7-4-9(5-8-13)12-6-3-10(11)14/h9,12H,2-8H2,1H3,(H2,11,14). The topological polar surface area (TPSA) is 58.4 Å². The van der Waals surface area contributed by atoms with Gasteiger partial charge >= 0.3 is 0 Å². The van der Waals surface area contributed by atoms with Gasteiger partial charge in [0.25, 0.3) is 0 Å². The van der Waals surface area contributed by atoms with Crippen molar-refractivity contribution in [3.8, 4) is 0 Å². The lowest BCUT2D eigenvalue weighted by molar-refractivity contribution is -0.117. The summed E-state index contributed by atoms with van der Waals surface area (Å²) in [6.45, 7) is 6.41. The number of nitrogens with one attached hydrogen (secondary N) is 1. The maximum Gasteiger partial charge on any atom is 0.218 e. The van der Waals surface area contributed by atoms with Crippen LogP contribution in [0.4, 0.5) is 0 Å². The number of carbonyl (C=O) groups excluding carboxylic acids is 1. The first kappa shape index (κ1) is 11.5. The molecule has 82 valence electrons. The van der Waals surface area contributed by atoms with E-state index in [4.69, 9.17) is 5.73 Å². The highest BCUT2D eigenvalue weighted by Gasteiger charge is 2.16. The average molecular weight is 199 g/mol. The SMILES string of the molecule is CCN1CCC(NCCC(N)=O)CC1. The third-order valence-electron chi connectivity index (χ3n) is 2.84. The molecular weight excluding hydrogens is 178 g/mol. The number of hydrogen-bond acceptors (Lipinski definition) is 3. The van der Waals surface area contributed by atoms with Gasteiger partial charge < -0.3 is 16.0 Å². The minimum Gasteiger partial charge on any atom is -0.370 e. The largest absolute Gasteiger partial charge is 0.370 e. The summed E-state index contributed by atoms with van der Waals surface area (Å²) in [5.41, 5.74) is 5.06. The minimum atomic E-state index is -0.219. The number of carbonyl (C=O) groups is 1. The lowest BCUT2D eigenvalue weighted by Crippen LogP contribution is -2.43. The molecule has 0 aromatic carbocycles. The number of likely N-dealkylation sites (tertiary alicyclic amines) is 1. The number of hydrogen-bond donors (Lipinski definition) is 2. The Balaban J connectivity index is 2.07. The number of amides is 1. The lowest BCUT2D eigenvalue weighted by atomic mass is 10.1. The van der Waals surface area contributed by atoms with Crippen molar-refractivity contribution in [1.82, 2.24) is 10.2 Å². The number of nitrogens with two attached hydrogens (primary N) is 1. The van der Waals surface area contributed by atoms with Gasteiger partial charge in [-0.05, 0) is 32.5 Å². The van der Waals surface area contributed by atoms with E-state index in [1.54, 1.807) is 0 Å². The zero-order chi connectivity index (χ0) is 10.4. The van der Waals surface area contributed by atoms with Gasteiger partial charge in [0.15, 0.2) is 0 Å². The molecule has 4 nitrogen and oxygen atoms in total. The Morgan fingerprint density at radius 2 is 2.14 bits per heavy atom. The highest BCUT2D eigenvalue weighted by atomic mass is 16.1. The summed E-state index contributed by atoms with van der Waals surface area (Å²) in [5, 5.41) is 3.37. The summed E-state index contributed by atoms with van der Waals surface area (Å²) in [7, 11) is 0. The minimum absolute atomic E-state index is 0.219. The summed E-state index contributed by atoms with van der Waals surface area (Å²) >= 11 is 0. The fourth-order valence-electron chi connectivity index (χ4n) is 1.85. The first-order chi connectivity index (χ1) is 6.72. The van der Waals surface area contributed by atoms with Gasteiger partial charge in [-0.25, -0.2) is 0 Å². The predicted molar refractivity (Wildman–Crippen MR) is 57.0 cm³/mol. The van der Waals surface area contributed by atoms with E-state index in [1.165, 1.54) is 25.9 Å². The van der Waals surface area contributed by atoms with E-state index >= 15 is 0 Å². The highest BCUT2D eigenvalue weighted by Crippen LogP contribution is 2.09. The van der Waals surface area contributed by atoms with E-state index in [2.05, 4.69) is 17.1 Å². The fourth-order valence-corrected chi connectivity index (χ4v) is 1.85. The summed E-state index contributed by atoms with van der Waals surface area (Å²) in [6.07, 6.45) is 2.83. The maximum absolute atomic E-state index is 10.5. The number of rotatable bonds is 5. The van der Waals surface area contributed by atoms with Gasteiger partial charge in [0.2, 0.25) is 5.91 Å². The smallest absolute Gasteiger partial charge is 0.218 e. The Kier molecular flexibility index (Phi) is 4.90. The molecule has 1 amide bonds. The Morgan fingerprint density at radius 3 is 2.64 bits per heavy atom. The third kappa shape index (κ3) is 4.07. The van der Waals surface area contributed by atoms with Crippen LogP contribution < -0.4 is 11.1 Å². The molecule has 0 unspecified atom stereocenters. The van der Waals surface area contributed by atoms with Crippen molar-refractivity contribution in [3.05, 3.63) is 0 Å². The van der Waals surface area contributed by atoms with Gasteiger partial charge in [0.1, 0.15) is 0 Å². The Morgan fingerprint density at radius 1 is 1.50 bits per heavy atom. The Bertz CT molecular complexity index is 176. The van der Waals surface area contributed by atoms with Crippen molar-refractivity contribution in [2.24, 2.45) is 5.73 Å². The monoisotopic (exact) mass is 199 g/mol. The molecule has 0 spiro atoms. The average Bonchev–Trinajstić information content (AvgIpc) is 2.18. The van der Waals surface area contributed by atoms with Gasteiger partial charge in [0.05, 0.1) is 0 Å². The first-order valence-electron chi connectivity index (χ1n) is 5.46. The van der Waals surface area contributed by atoms with Crippen LogP contribution in [-0.2, 0) is 4.79 Å². The van der Waals surface area contributed by atoms with E-state index < -0.39 is 0 Å². The summed E-state index contributed by atoms with van der Waals surface area (Å²) in [6, 6.07) is 0.581. The van der Waals surface area contributed by atoms with Crippen LogP contribution >= 0.6 is 0 Å². The normalized spacial score (nSPS) is 19.8. The zero-order valence-corrected chi connectivity index (χ0v) is 8.96. The second-order valence-electron chi connectivity index (χ2n) is 3.88. The summed E-state index contributed by atoms with van der Waals surface area (Å²) in [4.78, 5) is 13.0. The van der Waals surface area contributed by atoms with Crippen LogP contribution in [-0.4, -0.2) is 43.0 Å². The van der Waals surface area contributed by atoms with Crippen LogP contribution in [0.1, 0.15) is 26.2 Å². The van der Waals surface area contributed by atoms with Crippen molar-refractivity contribution in [3.63, 3.8) is 0 Å². The number of primary amides is 1. The van der Waals surface area contributed by atoms with E-state index in [-0.39, 0.29) is 5.91 Å². The molecule has 1 rings (SSSR count). The first-order valence-corrected chi connectivity index (χ1v) is 5.46. The van der Waals surface area contributed by atoms with Crippen molar-refractivity contribution in [2.45, 2.75) is 32.2 Å². The zero-order valence-electron chi connectivity index (χ0n) is 8.96. The van der Waals surface area contributed by atoms with E-state index in [1.807, 2.05) is 0 Å². The van der Waals surface area contributed by atoms with Crippen LogP contribution in [0.15, 0.2) is 0 Å². The van der Waals surface area contributed by atoms with Gasteiger partial charge in [-0.3, -0.25) is 4.79 Å². The second kappa shape index (κ2) is 5.98. The quantitative estimate of drug-likeness (QED) is 0.652. The van der Waals surface area contributed by atoms with Crippen LogP contribution in [0.3, 0.4) is 0 Å². The van der Waals surface area contributed by atoms with Crippen LogP contribution in [0, 0.1) is 0 Å². The van der Waals surface area contributed by atoms with Crippen LogP contribution in [0.5, 0.6) is 0 Å².